The Kier molecular flexibility index (Phi) is 2.34. The summed E-state index contributed by atoms with van der Waals surface area (Å²) >= 11 is 0. The Hall–Kier alpha value is -1.58. The van der Waals surface area contributed by atoms with Crippen LogP contribution in [0.2, 0.25) is 0 Å². The fourth-order valence-electron chi connectivity index (χ4n) is 1.95. The predicted octanol–water partition coefficient (Wildman–Crippen LogP) is 1.63. The van der Waals surface area contributed by atoms with Crippen molar-refractivity contribution in [2.75, 3.05) is 7.11 Å². The van der Waals surface area contributed by atoms with E-state index in [9.17, 15) is 9.18 Å². The highest BCUT2D eigenvalue weighted by Gasteiger charge is 2.29. The summed E-state index contributed by atoms with van der Waals surface area (Å²) in [6.45, 7) is 0. The Morgan fingerprint density at radius 3 is 2.87 bits per heavy atom. The second kappa shape index (κ2) is 3.53. The van der Waals surface area contributed by atoms with Gasteiger partial charge >= 0.3 is 5.97 Å². The van der Waals surface area contributed by atoms with Crippen molar-refractivity contribution in [3.05, 3.63) is 29.1 Å². The van der Waals surface area contributed by atoms with Gasteiger partial charge in [-0.15, -0.1) is 0 Å². The molecule has 0 aromatic heterocycles. The molecule has 1 N–H and O–H groups in total. The van der Waals surface area contributed by atoms with E-state index in [1.807, 2.05) is 0 Å². The van der Waals surface area contributed by atoms with Crippen LogP contribution in [0.5, 0.6) is 5.75 Å². The van der Waals surface area contributed by atoms with Gasteiger partial charge in [0, 0.05) is 6.07 Å². The van der Waals surface area contributed by atoms with E-state index in [4.69, 9.17) is 9.84 Å². The van der Waals surface area contributed by atoms with Gasteiger partial charge in [0.05, 0.1) is 13.0 Å². The Balaban J connectivity index is 2.37. The van der Waals surface area contributed by atoms with Crippen molar-refractivity contribution >= 4 is 5.97 Å². The molecule has 0 fully saturated rings. The minimum absolute atomic E-state index is 0.278. The molecule has 80 valence electrons. The lowest BCUT2D eigenvalue weighted by atomic mass is 10.1. The lowest BCUT2D eigenvalue weighted by Gasteiger charge is -2.04. The first kappa shape index (κ1) is 9.96. The molecule has 3 nitrogen and oxygen atoms in total. The summed E-state index contributed by atoms with van der Waals surface area (Å²) < 4.78 is 18.4. The number of hydrogen-bond acceptors (Lipinski definition) is 2. The number of carbonyl (C=O) groups is 1. The Labute approximate surface area is 86.5 Å². The summed E-state index contributed by atoms with van der Waals surface area (Å²) in [5, 5.41) is 8.85. The summed E-state index contributed by atoms with van der Waals surface area (Å²) in [5.41, 5.74) is 1.27. The normalized spacial score (nSPS) is 18.7. The number of rotatable bonds is 2. The molecular weight excluding hydrogens is 199 g/mol. The summed E-state index contributed by atoms with van der Waals surface area (Å²) in [5.74, 6) is -1.29. The number of benzene rings is 1. The average molecular weight is 210 g/mol. The topological polar surface area (TPSA) is 46.5 Å². The molecule has 0 bridgehead atoms. The highest BCUT2D eigenvalue weighted by Crippen LogP contribution is 2.32. The van der Waals surface area contributed by atoms with E-state index in [1.165, 1.54) is 13.2 Å². The zero-order valence-corrected chi connectivity index (χ0v) is 8.29. The molecule has 0 aliphatic heterocycles. The lowest BCUT2D eigenvalue weighted by molar-refractivity contribution is -0.141. The number of hydrogen-bond donors (Lipinski definition) is 1. The summed E-state index contributed by atoms with van der Waals surface area (Å²) in [6.07, 6.45) is 0.666. The van der Waals surface area contributed by atoms with Gasteiger partial charge in [-0.25, -0.2) is 4.39 Å². The molecule has 15 heavy (non-hydrogen) atoms. The number of aliphatic carboxylic acids is 1. The van der Waals surface area contributed by atoms with Crippen LogP contribution in [-0.2, 0) is 17.6 Å². The van der Waals surface area contributed by atoms with Gasteiger partial charge in [-0.1, -0.05) is 0 Å². The van der Waals surface area contributed by atoms with Crippen molar-refractivity contribution in [2.24, 2.45) is 5.92 Å². The van der Waals surface area contributed by atoms with E-state index in [0.717, 1.165) is 5.56 Å². The molecule has 0 spiro atoms. The molecule has 1 aliphatic carbocycles. The molecule has 2 rings (SSSR count). The highest BCUT2D eigenvalue weighted by molar-refractivity contribution is 5.72. The van der Waals surface area contributed by atoms with Crippen molar-refractivity contribution in [1.82, 2.24) is 0 Å². The maximum atomic E-state index is 13.5. The van der Waals surface area contributed by atoms with E-state index in [1.54, 1.807) is 6.07 Å². The van der Waals surface area contributed by atoms with Gasteiger partial charge in [0.2, 0.25) is 0 Å². The Bertz CT molecular complexity index is 415. The van der Waals surface area contributed by atoms with Crippen LogP contribution in [-0.4, -0.2) is 18.2 Å². The first-order valence-electron chi connectivity index (χ1n) is 4.70. The molecule has 1 aromatic rings. The molecule has 0 saturated carbocycles. The second-order valence-corrected chi connectivity index (χ2v) is 3.69. The van der Waals surface area contributed by atoms with Gasteiger partial charge < -0.3 is 9.84 Å². The van der Waals surface area contributed by atoms with Crippen LogP contribution in [0.15, 0.2) is 12.1 Å². The number of fused-ring (bicyclic) bond motifs is 1. The van der Waals surface area contributed by atoms with Gasteiger partial charge in [-0.2, -0.15) is 0 Å². The standard InChI is InChI=1S/C11H11FO3/c1-15-8-3-6-2-7(11(13)14)4-9(6)10(12)5-8/h3,5,7H,2,4H2,1H3,(H,13,14). The Morgan fingerprint density at radius 2 is 2.27 bits per heavy atom. The van der Waals surface area contributed by atoms with E-state index < -0.39 is 11.9 Å². The van der Waals surface area contributed by atoms with Crippen LogP contribution in [0.1, 0.15) is 11.1 Å². The van der Waals surface area contributed by atoms with E-state index in [2.05, 4.69) is 0 Å². The highest BCUT2D eigenvalue weighted by atomic mass is 19.1. The SMILES string of the molecule is COc1cc(F)c2c(c1)CC(C(=O)O)C2. The molecule has 0 radical (unpaired) electrons. The molecular formula is C11H11FO3. The average Bonchev–Trinajstić information content (AvgIpc) is 2.61. The lowest BCUT2D eigenvalue weighted by Crippen LogP contribution is -2.13. The third-order valence-electron chi connectivity index (χ3n) is 2.76. The zero-order chi connectivity index (χ0) is 11.0. The quantitative estimate of drug-likeness (QED) is 0.807. The predicted molar refractivity (Wildman–Crippen MR) is 51.5 cm³/mol. The van der Waals surface area contributed by atoms with Crippen LogP contribution in [0.25, 0.3) is 0 Å². The van der Waals surface area contributed by atoms with E-state index in [0.29, 0.717) is 17.7 Å². The van der Waals surface area contributed by atoms with Crippen molar-refractivity contribution in [3.63, 3.8) is 0 Å². The molecule has 0 saturated heterocycles. The number of carboxylic acid groups (broad SMARTS) is 1. The smallest absolute Gasteiger partial charge is 0.307 e. The Morgan fingerprint density at radius 1 is 1.53 bits per heavy atom. The maximum Gasteiger partial charge on any atom is 0.307 e. The number of ether oxygens (including phenoxy) is 1. The van der Waals surface area contributed by atoms with Gasteiger partial charge in [-0.05, 0) is 30.0 Å². The van der Waals surface area contributed by atoms with Crippen molar-refractivity contribution in [2.45, 2.75) is 12.8 Å². The molecule has 0 heterocycles. The van der Waals surface area contributed by atoms with E-state index >= 15 is 0 Å². The maximum absolute atomic E-state index is 13.5. The van der Waals surface area contributed by atoms with Crippen LogP contribution in [0, 0.1) is 11.7 Å². The number of carboxylic acids is 1. The van der Waals surface area contributed by atoms with Crippen LogP contribution in [0.3, 0.4) is 0 Å². The number of halogens is 1. The van der Waals surface area contributed by atoms with Gasteiger partial charge in [-0.3, -0.25) is 4.79 Å². The third-order valence-corrected chi connectivity index (χ3v) is 2.76. The zero-order valence-electron chi connectivity index (χ0n) is 8.29. The summed E-state index contributed by atoms with van der Waals surface area (Å²) in [7, 11) is 1.46. The minimum atomic E-state index is -0.871. The first-order chi connectivity index (χ1) is 7.11. The summed E-state index contributed by atoms with van der Waals surface area (Å²) in [4.78, 5) is 10.8. The van der Waals surface area contributed by atoms with E-state index in [-0.39, 0.29) is 12.2 Å². The third kappa shape index (κ3) is 1.67. The largest absolute Gasteiger partial charge is 0.497 e. The van der Waals surface area contributed by atoms with Crippen molar-refractivity contribution < 1.29 is 19.0 Å². The van der Waals surface area contributed by atoms with Gasteiger partial charge in [0.25, 0.3) is 0 Å². The fourth-order valence-corrected chi connectivity index (χ4v) is 1.95. The molecule has 1 aromatic carbocycles. The molecule has 4 heteroatoms. The van der Waals surface area contributed by atoms with Crippen LogP contribution < -0.4 is 4.74 Å². The van der Waals surface area contributed by atoms with Crippen molar-refractivity contribution in [1.29, 1.82) is 0 Å². The van der Waals surface area contributed by atoms with Gasteiger partial charge in [0.15, 0.2) is 0 Å². The monoisotopic (exact) mass is 210 g/mol. The molecule has 1 unspecified atom stereocenters. The fraction of sp³-hybridized carbons (Fsp3) is 0.364. The number of methoxy groups -OCH3 is 1. The molecule has 1 atom stereocenters. The minimum Gasteiger partial charge on any atom is -0.497 e. The van der Waals surface area contributed by atoms with Crippen LogP contribution >= 0.6 is 0 Å². The van der Waals surface area contributed by atoms with Crippen molar-refractivity contribution in [3.8, 4) is 5.75 Å². The van der Waals surface area contributed by atoms with Gasteiger partial charge in [0.1, 0.15) is 11.6 Å². The first-order valence-corrected chi connectivity index (χ1v) is 4.70. The second-order valence-electron chi connectivity index (χ2n) is 3.69. The molecule has 1 aliphatic rings. The van der Waals surface area contributed by atoms with Crippen LogP contribution in [0.4, 0.5) is 4.39 Å². The molecule has 0 amide bonds. The summed E-state index contributed by atoms with van der Waals surface area (Å²) in [6, 6.07) is 3.00.